The average molecular weight is 539 g/mol. The van der Waals surface area contributed by atoms with Gasteiger partial charge < -0.3 is 4.74 Å². The molecule has 1 unspecified atom stereocenters. The van der Waals surface area contributed by atoms with E-state index in [0.29, 0.717) is 22.9 Å². The molecule has 0 aliphatic carbocycles. The van der Waals surface area contributed by atoms with Crippen molar-refractivity contribution < 1.29 is 22.7 Å². The number of benzene rings is 2. The Bertz CT molecular complexity index is 1310. The number of rotatable bonds is 8. The number of hydrogen-bond donors (Lipinski definition) is 0. The molecule has 0 radical (unpaired) electrons. The molecule has 0 N–H and O–H groups in total. The highest BCUT2D eigenvalue weighted by molar-refractivity contribution is 7.89. The highest BCUT2D eigenvalue weighted by Gasteiger charge is 2.47. The van der Waals surface area contributed by atoms with Gasteiger partial charge in [-0.1, -0.05) is 29.3 Å². The van der Waals surface area contributed by atoms with Crippen LogP contribution in [0.15, 0.2) is 64.9 Å². The zero-order valence-electron chi connectivity index (χ0n) is 18.0. The smallest absolute Gasteiger partial charge is 0.252 e. The highest BCUT2D eigenvalue weighted by atomic mass is 35.5. The van der Waals surface area contributed by atoms with Gasteiger partial charge in [0.1, 0.15) is 16.7 Å². The van der Waals surface area contributed by atoms with E-state index in [4.69, 9.17) is 27.9 Å². The Morgan fingerprint density at radius 1 is 1.12 bits per heavy atom. The van der Waals surface area contributed by atoms with E-state index in [-0.39, 0.29) is 27.9 Å². The molecular weight excluding hydrogens is 519 g/mol. The quantitative estimate of drug-likeness (QED) is 0.377. The van der Waals surface area contributed by atoms with Crippen LogP contribution in [-0.2, 0) is 26.2 Å². The van der Waals surface area contributed by atoms with Crippen LogP contribution in [0.1, 0.15) is 18.2 Å². The van der Waals surface area contributed by atoms with Gasteiger partial charge in [0.25, 0.3) is 5.91 Å². The number of halogens is 2. The average Bonchev–Trinajstić information content (AvgIpc) is 3.42. The second kappa shape index (κ2) is 10.1. The fraction of sp³-hybridized carbons (Fsp3) is 0.217. The molecule has 178 valence electrons. The third-order valence-corrected chi connectivity index (χ3v) is 8.68. The zero-order chi connectivity index (χ0) is 24.5. The lowest BCUT2D eigenvalue weighted by Crippen LogP contribution is -2.45. The maximum Gasteiger partial charge on any atom is 0.252 e. The lowest BCUT2D eigenvalue weighted by atomic mass is 10.2. The number of imide groups is 1. The molecule has 4 rings (SSSR count). The SMILES string of the molecule is CCOc1ccc(N2C(=O)CC(N(Cc3cccs3)S(=O)(=O)c3cc(Cl)ccc3Cl)C2=O)cc1. The molecule has 1 aliphatic rings. The maximum atomic E-state index is 13.7. The van der Waals surface area contributed by atoms with Crippen molar-refractivity contribution in [1.82, 2.24) is 4.31 Å². The predicted molar refractivity (Wildman–Crippen MR) is 132 cm³/mol. The van der Waals surface area contributed by atoms with Gasteiger partial charge in [-0.05, 0) is 60.8 Å². The third kappa shape index (κ3) is 4.85. The van der Waals surface area contributed by atoms with Crippen LogP contribution in [0.25, 0.3) is 0 Å². The third-order valence-electron chi connectivity index (χ3n) is 5.25. The van der Waals surface area contributed by atoms with E-state index in [2.05, 4.69) is 0 Å². The zero-order valence-corrected chi connectivity index (χ0v) is 21.1. The van der Waals surface area contributed by atoms with Gasteiger partial charge in [0, 0.05) is 16.4 Å². The number of hydrogen-bond acceptors (Lipinski definition) is 6. The summed E-state index contributed by atoms with van der Waals surface area (Å²) in [5.74, 6) is -0.533. The molecule has 1 atom stereocenters. The number of nitrogens with zero attached hydrogens (tertiary/aromatic N) is 2. The summed E-state index contributed by atoms with van der Waals surface area (Å²) in [5, 5.41) is 1.96. The Hall–Kier alpha value is -2.43. The van der Waals surface area contributed by atoms with E-state index in [0.717, 1.165) is 9.21 Å². The number of anilines is 1. The van der Waals surface area contributed by atoms with Gasteiger partial charge in [-0.3, -0.25) is 9.59 Å². The molecule has 0 spiro atoms. The second-order valence-electron chi connectivity index (χ2n) is 7.42. The van der Waals surface area contributed by atoms with E-state index in [1.54, 1.807) is 41.8 Å². The monoisotopic (exact) mass is 538 g/mol. The summed E-state index contributed by atoms with van der Waals surface area (Å²) in [5.41, 5.74) is 0.343. The Labute approximate surface area is 211 Å². The van der Waals surface area contributed by atoms with E-state index in [1.807, 2.05) is 6.92 Å². The molecule has 1 saturated heterocycles. The lowest BCUT2D eigenvalue weighted by molar-refractivity contribution is -0.122. The lowest BCUT2D eigenvalue weighted by Gasteiger charge is -2.27. The van der Waals surface area contributed by atoms with E-state index >= 15 is 0 Å². The van der Waals surface area contributed by atoms with E-state index in [9.17, 15) is 18.0 Å². The minimum Gasteiger partial charge on any atom is -0.494 e. The summed E-state index contributed by atoms with van der Waals surface area (Å²) in [4.78, 5) is 27.8. The number of carbonyl (C=O) groups is 2. The predicted octanol–water partition coefficient (Wildman–Crippen LogP) is 4.98. The van der Waals surface area contributed by atoms with Crippen molar-refractivity contribution in [2.45, 2.75) is 30.8 Å². The van der Waals surface area contributed by atoms with Crippen molar-refractivity contribution in [1.29, 1.82) is 0 Å². The van der Waals surface area contributed by atoms with E-state index in [1.165, 1.54) is 29.5 Å². The molecule has 1 fully saturated rings. The Balaban J connectivity index is 1.73. The molecular formula is C23H20Cl2N2O5S2. The number of sulfonamides is 1. The normalized spacial score (nSPS) is 16.5. The first-order valence-corrected chi connectivity index (χ1v) is 13.4. The van der Waals surface area contributed by atoms with Crippen LogP contribution >= 0.6 is 34.5 Å². The van der Waals surface area contributed by atoms with Crippen LogP contribution in [0.3, 0.4) is 0 Å². The van der Waals surface area contributed by atoms with Gasteiger partial charge in [0.2, 0.25) is 15.9 Å². The van der Waals surface area contributed by atoms with Gasteiger partial charge in [-0.15, -0.1) is 11.3 Å². The van der Waals surface area contributed by atoms with Crippen LogP contribution in [0.2, 0.25) is 10.0 Å². The highest BCUT2D eigenvalue weighted by Crippen LogP contribution is 2.34. The van der Waals surface area contributed by atoms with Crippen molar-refractivity contribution in [3.05, 3.63) is 74.9 Å². The Morgan fingerprint density at radius 2 is 1.85 bits per heavy atom. The van der Waals surface area contributed by atoms with Gasteiger partial charge >= 0.3 is 0 Å². The van der Waals surface area contributed by atoms with Gasteiger partial charge in [-0.2, -0.15) is 4.31 Å². The molecule has 1 aliphatic heterocycles. The van der Waals surface area contributed by atoms with Gasteiger partial charge in [0.05, 0.1) is 23.7 Å². The summed E-state index contributed by atoms with van der Waals surface area (Å²) in [7, 11) is -4.29. The minimum atomic E-state index is -4.29. The number of ether oxygens (including phenoxy) is 1. The van der Waals surface area contributed by atoms with Crippen LogP contribution in [0, 0.1) is 0 Å². The standard InChI is InChI=1S/C23H20Cl2N2O5S2/c1-2-32-17-8-6-16(7-9-17)27-22(28)13-20(23(27)29)26(14-18-4-3-11-33-18)34(30,31)21-12-15(24)5-10-19(21)25/h3-12,20H,2,13-14H2,1H3. The Kier molecular flexibility index (Phi) is 7.30. The first-order chi connectivity index (χ1) is 16.2. The Morgan fingerprint density at radius 3 is 2.50 bits per heavy atom. The minimum absolute atomic E-state index is 0.0271. The van der Waals surface area contributed by atoms with Gasteiger partial charge in [0.15, 0.2) is 0 Å². The molecule has 2 amide bonds. The summed E-state index contributed by atoms with van der Waals surface area (Å²) in [6, 6.07) is 12.9. The van der Waals surface area contributed by atoms with Crippen molar-refractivity contribution in [3.8, 4) is 5.75 Å². The molecule has 0 bridgehead atoms. The summed E-state index contributed by atoms with van der Waals surface area (Å²) in [6.45, 7) is 2.23. The summed E-state index contributed by atoms with van der Waals surface area (Å²) < 4.78 is 33.9. The van der Waals surface area contributed by atoms with Crippen molar-refractivity contribution in [3.63, 3.8) is 0 Å². The molecule has 11 heteroatoms. The van der Waals surface area contributed by atoms with Crippen molar-refractivity contribution in [2.75, 3.05) is 11.5 Å². The van der Waals surface area contributed by atoms with Crippen molar-refractivity contribution in [2.24, 2.45) is 0 Å². The molecule has 1 aromatic heterocycles. The first kappa shape index (κ1) is 24.7. The molecule has 2 aromatic carbocycles. The molecule has 0 saturated carbocycles. The topological polar surface area (TPSA) is 84.0 Å². The van der Waals surface area contributed by atoms with Crippen LogP contribution < -0.4 is 9.64 Å². The van der Waals surface area contributed by atoms with Crippen LogP contribution in [0.5, 0.6) is 5.75 Å². The molecule has 2 heterocycles. The summed E-state index contributed by atoms with van der Waals surface area (Å²) >= 11 is 13.6. The molecule has 3 aromatic rings. The largest absolute Gasteiger partial charge is 0.494 e. The van der Waals surface area contributed by atoms with E-state index < -0.39 is 27.9 Å². The summed E-state index contributed by atoms with van der Waals surface area (Å²) in [6.07, 6.45) is -0.297. The maximum absolute atomic E-state index is 13.7. The number of amides is 2. The van der Waals surface area contributed by atoms with Crippen LogP contribution in [0.4, 0.5) is 5.69 Å². The number of thiophene rings is 1. The fourth-order valence-electron chi connectivity index (χ4n) is 3.69. The first-order valence-electron chi connectivity index (χ1n) is 10.3. The van der Waals surface area contributed by atoms with Crippen LogP contribution in [-0.4, -0.2) is 37.2 Å². The number of carbonyl (C=O) groups excluding carboxylic acids is 2. The molecule has 7 nitrogen and oxygen atoms in total. The van der Waals surface area contributed by atoms with Gasteiger partial charge in [-0.25, -0.2) is 13.3 Å². The molecule has 34 heavy (non-hydrogen) atoms. The van der Waals surface area contributed by atoms with Crippen molar-refractivity contribution >= 4 is 62.1 Å². The fourth-order valence-corrected chi connectivity index (χ4v) is 6.77. The second-order valence-corrected chi connectivity index (χ2v) is 11.2.